The van der Waals surface area contributed by atoms with Gasteiger partial charge in [0.25, 0.3) is 0 Å². The number of anilines is 2. The van der Waals surface area contributed by atoms with Gasteiger partial charge in [-0.05, 0) is 42.3 Å². The molecular weight excluding hydrogens is 362 g/mol. The zero-order valence-corrected chi connectivity index (χ0v) is 17.2. The number of urea groups is 1. The molecule has 6 nitrogen and oxygen atoms in total. The summed E-state index contributed by atoms with van der Waals surface area (Å²) in [6.07, 6.45) is 3.14. The second-order valence-electron chi connectivity index (χ2n) is 7.81. The largest absolute Gasteiger partial charge is 0.378 e. The van der Waals surface area contributed by atoms with Gasteiger partial charge in [-0.2, -0.15) is 0 Å². The maximum absolute atomic E-state index is 12.6. The fourth-order valence-corrected chi connectivity index (χ4v) is 3.84. The third-order valence-corrected chi connectivity index (χ3v) is 5.67. The van der Waals surface area contributed by atoms with E-state index in [-0.39, 0.29) is 6.03 Å². The van der Waals surface area contributed by atoms with Gasteiger partial charge in [0.2, 0.25) is 0 Å². The number of hydrogen-bond donors (Lipinski definition) is 2. The summed E-state index contributed by atoms with van der Waals surface area (Å²) in [7, 11) is 4.01. The molecule has 1 fully saturated rings. The van der Waals surface area contributed by atoms with Crippen LogP contribution in [0.25, 0.3) is 10.9 Å². The quantitative estimate of drug-likeness (QED) is 0.698. The van der Waals surface area contributed by atoms with Crippen LogP contribution in [-0.4, -0.2) is 67.6 Å². The molecule has 29 heavy (non-hydrogen) atoms. The van der Waals surface area contributed by atoms with Crippen LogP contribution in [0, 0.1) is 0 Å². The second-order valence-corrected chi connectivity index (χ2v) is 7.81. The molecular formula is C23H29N5O. The fraction of sp³-hybridized carbons (Fsp3) is 0.348. The number of amides is 2. The fourth-order valence-electron chi connectivity index (χ4n) is 3.84. The summed E-state index contributed by atoms with van der Waals surface area (Å²) in [5.41, 5.74) is 4.51. The van der Waals surface area contributed by atoms with Gasteiger partial charge >= 0.3 is 6.03 Å². The Bertz CT molecular complexity index is 955. The monoisotopic (exact) mass is 391 g/mol. The van der Waals surface area contributed by atoms with Crippen molar-refractivity contribution in [2.75, 3.05) is 57.0 Å². The molecule has 2 N–H and O–H groups in total. The molecule has 152 valence electrons. The number of piperazine rings is 1. The van der Waals surface area contributed by atoms with Crippen molar-refractivity contribution in [3.8, 4) is 0 Å². The van der Waals surface area contributed by atoms with Crippen molar-refractivity contribution in [2.24, 2.45) is 0 Å². The van der Waals surface area contributed by atoms with E-state index in [0.29, 0.717) is 0 Å². The zero-order chi connectivity index (χ0) is 20.2. The smallest absolute Gasteiger partial charge is 0.321 e. The Kier molecular flexibility index (Phi) is 5.71. The highest BCUT2D eigenvalue weighted by Gasteiger charge is 2.21. The van der Waals surface area contributed by atoms with Crippen molar-refractivity contribution in [1.82, 2.24) is 14.8 Å². The molecule has 1 aliphatic rings. The number of rotatable bonds is 5. The van der Waals surface area contributed by atoms with Gasteiger partial charge in [0.05, 0.1) is 0 Å². The predicted octanol–water partition coefficient (Wildman–Crippen LogP) is 3.63. The number of para-hydroxylation sites is 1. The molecule has 0 spiro atoms. The molecule has 0 atom stereocenters. The minimum absolute atomic E-state index is 0.0149. The summed E-state index contributed by atoms with van der Waals surface area (Å²) in [4.78, 5) is 22.3. The minimum Gasteiger partial charge on any atom is -0.378 e. The summed E-state index contributed by atoms with van der Waals surface area (Å²) < 4.78 is 0. The molecule has 1 aromatic heterocycles. The maximum Gasteiger partial charge on any atom is 0.321 e. The minimum atomic E-state index is -0.0149. The number of nitrogens with zero attached hydrogens (tertiary/aromatic N) is 3. The maximum atomic E-state index is 12.6. The Balaban J connectivity index is 1.25. The number of carbonyl (C=O) groups excluding carboxylic acids is 1. The molecule has 6 heteroatoms. The average molecular weight is 392 g/mol. The van der Waals surface area contributed by atoms with E-state index in [1.807, 2.05) is 48.2 Å². The van der Waals surface area contributed by atoms with E-state index in [9.17, 15) is 4.79 Å². The number of nitrogens with one attached hydrogen (secondary N) is 2. The normalized spacial score (nSPS) is 14.9. The van der Waals surface area contributed by atoms with Crippen molar-refractivity contribution in [1.29, 1.82) is 0 Å². The van der Waals surface area contributed by atoms with E-state index in [4.69, 9.17) is 0 Å². The van der Waals surface area contributed by atoms with Crippen LogP contribution < -0.4 is 10.2 Å². The molecule has 4 rings (SSSR count). The van der Waals surface area contributed by atoms with Gasteiger partial charge in [-0.25, -0.2) is 4.79 Å². The summed E-state index contributed by atoms with van der Waals surface area (Å²) >= 11 is 0. The van der Waals surface area contributed by atoms with Crippen LogP contribution in [0.1, 0.15) is 5.56 Å². The Morgan fingerprint density at radius 3 is 2.48 bits per heavy atom. The Hall–Kier alpha value is -2.99. The summed E-state index contributed by atoms with van der Waals surface area (Å²) in [6.45, 7) is 4.36. The highest BCUT2D eigenvalue weighted by molar-refractivity contribution is 5.89. The van der Waals surface area contributed by atoms with Gasteiger partial charge in [0.1, 0.15) is 0 Å². The predicted molar refractivity (Wildman–Crippen MR) is 120 cm³/mol. The highest BCUT2D eigenvalue weighted by atomic mass is 16.2. The topological polar surface area (TPSA) is 54.6 Å². The lowest BCUT2D eigenvalue weighted by Gasteiger charge is -2.34. The van der Waals surface area contributed by atoms with Gasteiger partial charge in [0, 0.05) is 75.3 Å². The average Bonchev–Trinajstić information content (AvgIpc) is 3.16. The lowest BCUT2D eigenvalue weighted by atomic mass is 10.1. The van der Waals surface area contributed by atoms with Crippen LogP contribution in [0.15, 0.2) is 54.7 Å². The molecule has 1 saturated heterocycles. The third-order valence-electron chi connectivity index (χ3n) is 5.67. The first-order valence-corrected chi connectivity index (χ1v) is 10.2. The second kappa shape index (κ2) is 8.57. The van der Waals surface area contributed by atoms with E-state index in [1.54, 1.807) is 0 Å². The van der Waals surface area contributed by atoms with Crippen LogP contribution in [-0.2, 0) is 6.42 Å². The van der Waals surface area contributed by atoms with Gasteiger partial charge in [-0.3, -0.25) is 4.90 Å². The van der Waals surface area contributed by atoms with Crippen molar-refractivity contribution >= 4 is 28.3 Å². The van der Waals surface area contributed by atoms with Gasteiger partial charge < -0.3 is 20.1 Å². The van der Waals surface area contributed by atoms with E-state index >= 15 is 0 Å². The SMILES string of the molecule is CN(C)c1ccc(NC(=O)N2CCN(CCc3c[nH]c4ccccc34)CC2)cc1. The van der Waals surface area contributed by atoms with Crippen molar-refractivity contribution < 1.29 is 4.79 Å². The van der Waals surface area contributed by atoms with E-state index in [1.165, 1.54) is 16.5 Å². The third kappa shape index (κ3) is 4.54. The van der Waals surface area contributed by atoms with Crippen LogP contribution in [0.3, 0.4) is 0 Å². The Morgan fingerprint density at radius 2 is 1.76 bits per heavy atom. The van der Waals surface area contributed by atoms with E-state index in [2.05, 4.69) is 45.7 Å². The van der Waals surface area contributed by atoms with Crippen LogP contribution in [0.4, 0.5) is 16.2 Å². The summed E-state index contributed by atoms with van der Waals surface area (Å²) in [5.74, 6) is 0. The number of carbonyl (C=O) groups is 1. The first kappa shape index (κ1) is 19.3. The Morgan fingerprint density at radius 1 is 1.03 bits per heavy atom. The molecule has 0 saturated carbocycles. The number of hydrogen-bond acceptors (Lipinski definition) is 3. The lowest BCUT2D eigenvalue weighted by Crippen LogP contribution is -2.50. The first-order chi connectivity index (χ1) is 14.1. The zero-order valence-electron chi connectivity index (χ0n) is 17.2. The number of aromatic amines is 1. The molecule has 0 bridgehead atoms. The van der Waals surface area contributed by atoms with Crippen molar-refractivity contribution in [3.05, 3.63) is 60.3 Å². The molecule has 2 amide bonds. The standard InChI is InChI=1S/C23H29N5O/c1-26(2)20-9-7-19(8-10-20)25-23(29)28-15-13-27(14-16-28)12-11-18-17-24-22-6-4-3-5-21(18)22/h3-10,17,24H,11-16H2,1-2H3,(H,25,29). The van der Waals surface area contributed by atoms with Crippen molar-refractivity contribution in [2.45, 2.75) is 6.42 Å². The van der Waals surface area contributed by atoms with Crippen LogP contribution in [0.2, 0.25) is 0 Å². The van der Waals surface area contributed by atoms with Crippen molar-refractivity contribution in [3.63, 3.8) is 0 Å². The molecule has 2 aromatic carbocycles. The summed E-state index contributed by atoms with van der Waals surface area (Å²) in [5, 5.41) is 4.32. The molecule has 0 unspecified atom stereocenters. The number of fused-ring (bicyclic) bond motifs is 1. The lowest BCUT2D eigenvalue weighted by molar-refractivity contribution is 0.148. The molecule has 0 radical (unpaired) electrons. The highest BCUT2D eigenvalue weighted by Crippen LogP contribution is 2.19. The Labute approximate surface area is 172 Å². The number of H-pyrrole nitrogens is 1. The van der Waals surface area contributed by atoms with Crippen LogP contribution in [0.5, 0.6) is 0 Å². The summed E-state index contributed by atoms with van der Waals surface area (Å²) in [6, 6.07) is 16.3. The van der Waals surface area contributed by atoms with Gasteiger partial charge in [-0.1, -0.05) is 18.2 Å². The number of aromatic nitrogens is 1. The van der Waals surface area contributed by atoms with Gasteiger partial charge in [0.15, 0.2) is 0 Å². The molecule has 3 aromatic rings. The first-order valence-electron chi connectivity index (χ1n) is 10.2. The number of benzene rings is 2. The van der Waals surface area contributed by atoms with Gasteiger partial charge in [-0.15, -0.1) is 0 Å². The van der Waals surface area contributed by atoms with E-state index < -0.39 is 0 Å². The molecule has 0 aliphatic carbocycles. The molecule has 2 heterocycles. The molecule has 1 aliphatic heterocycles. The van der Waals surface area contributed by atoms with E-state index in [0.717, 1.165) is 50.5 Å². The van der Waals surface area contributed by atoms with Crippen LogP contribution >= 0.6 is 0 Å².